The molecule has 106 valence electrons. The third kappa shape index (κ3) is 5.20. The van der Waals surface area contributed by atoms with Crippen LogP contribution < -0.4 is 9.47 Å². The quantitative estimate of drug-likeness (QED) is 0.536. The number of unbranched alkanes of at least 4 members (excludes halogenated alkanes) is 1. The van der Waals surface area contributed by atoms with Crippen molar-refractivity contribution in [2.75, 3.05) is 20.8 Å². The Balaban J connectivity index is 2.45. The van der Waals surface area contributed by atoms with Crippen molar-refractivity contribution in [1.29, 1.82) is 0 Å². The molecule has 0 spiro atoms. The van der Waals surface area contributed by atoms with Crippen molar-refractivity contribution in [2.45, 2.75) is 32.6 Å². The van der Waals surface area contributed by atoms with Gasteiger partial charge in [-0.1, -0.05) is 0 Å². The molecule has 0 aromatic heterocycles. The number of carbonyl (C=O) groups excluding carboxylic acids is 1. The first-order valence-electron chi connectivity index (χ1n) is 6.57. The van der Waals surface area contributed by atoms with Gasteiger partial charge >= 0.3 is 5.97 Å². The van der Waals surface area contributed by atoms with E-state index in [4.69, 9.17) is 14.2 Å². The van der Waals surface area contributed by atoms with E-state index in [2.05, 4.69) is 0 Å². The number of carbonyl (C=O) groups is 1. The van der Waals surface area contributed by atoms with Crippen LogP contribution in [0.5, 0.6) is 11.5 Å². The van der Waals surface area contributed by atoms with Crippen molar-refractivity contribution in [3.63, 3.8) is 0 Å². The highest BCUT2D eigenvalue weighted by Crippen LogP contribution is 2.25. The van der Waals surface area contributed by atoms with Crippen molar-refractivity contribution in [1.82, 2.24) is 0 Å². The molecule has 0 radical (unpaired) electrons. The molecular formula is C15H22O4. The zero-order valence-corrected chi connectivity index (χ0v) is 11.9. The molecule has 19 heavy (non-hydrogen) atoms. The van der Waals surface area contributed by atoms with Crippen molar-refractivity contribution in [2.24, 2.45) is 0 Å². The Morgan fingerprint density at radius 1 is 1.16 bits per heavy atom. The summed E-state index contributed by atoms with van der Waals surface area (Å²) < 4.78 is 15.4. The zero-order chi connectivity index (χ0) is 14.1. The topological polar surface area (TPSA) is 44.8 Å². The van der Waals surface area contributed by atoms with E-state index in [0.717, 1.165) is 36.3 Å². The molecule has 0 saturated heterocycles. The number of hydrogen-bond donors (Lipinski definition) is 0. The highest BCUT2D eigenvalue weighted by molar-refractivity contribution is 5.69. The molecule has 1 aromatic rings. The Bertz CT molecular complexity index is 401. The van der Waals surface area contributed by atoms with E-state index >= 15 is 0 Å². The van der Waals surface area contributed by atoms with Crippen LogP contribution in [-0.2, 0) is 16.0 Å². The average molecular weight is 266 g/mol. The molecule has 0 bridgehead atoms. The lowest BCUT2D eigenvalue weighted by molar-refractivity contribution is -0.143. The summed E-state index contributed by atoms with van der Waals surface area (Å²) in [6, 6.07) is 5.75. The fraction of sp³-hybridized carbons (Fsp3) is 0.533. The second kappa shape index (κ2) is 8.40. The second-order valence-corrected chi connectivity index (χ2v) is 4.19. The van der Waals surface area contributed by atoms with Gasteiger partial charge in [-0.25, -0.2) is 0 Å². The molecule has 1 aromatic carbocycles. The van der Waals surface area contributed by atoms with Crippen LogP contribution in [0.25, 0.3) is 0 Å². The summed E-state index contributed by atoms with van der Waals surface area (Å²) in [5.74, 6) is 1.55. The number of esters is 1. The van der Waals surface area contributed by atoms with Gasteiger partial charge in [0.05, 0.1) is 20.8 Å². The van der Waals surface area contributed by atoms with Gasteiger partial charge in [0.2, 0.25) is 0 Å². The Morgan fingerprint density at radius 2 is 1.95 bits per heavy atom. The number of aryl methyl sites for hydroxylation is 1. The van der Waals surface area contributed by atoms with E-state index in [-0.39, 0.29) is 5.97 Å². The van der Waals surface area contributed by atoms with Gasteiger partial charge in [-0.15, -0.1) is 0 Å². The van der Waals surface area contributed by atoms with E-state index in [1.807, 2.05) is 25.1 Å². The van der Waals surface area contributed by atoms with E-state index in [0.29, 0.717) is 13.0 Å². The predicted molar refractivity (Wildman–Crippen MR) is 73.7 cm³/mol. The predicted octanol–water partition coefficient (Wildman–Crippen LogP) is 2.98. The van der Waals surface area contributed by atoms with E-state index in [9.17, 15) is 4.79 Å². The van der Waals surface area contributed by atoms with Crippen molar-refractivity contribution in [3.8, 4) is 11.5 Å². The fourth-order valence-corrected chi connectivity index (χ4v) is 1.90. The molecule has 0 aliphatic heterocycles. The van der Waals surface area contributed by atoms with E-state index in [1.165, 1.54) is 0 Å². The van der Waals surface area contributed by atoms with Crippen molar-refractivity contribution >= 4 is 5.97 Å². The largest absolute Gasteiger partial charge is 0.497 e. The van der Waals surface area contributed by atoms with Crippen molar-refractivity contribution in [3.05, 3.63) is 23.8 Å². The maximum absolute atomic E-state index is 11.2. The Labute approximate surface area is 114 Å². The lowest BCUT2D eigenvalue weighted by Gasteiger charge is -2.10. The summed E-state index contributed by atoms with van der Waals surface area (Å²) in [5, 5.41) is 0. The molecule has 0 aliphatic carbocycles. The summed E-state index contributed by atoms with van der Waals surface area (Å²) >= 11 is 0. The SMILES string of the molecule is CCOC(=O)CCCCc1cc(OC)ccc1OC. The third-order valence-electron chi connectivity index (χ3n) is 2.87. The molecular weight excluding hydrogens is 244 g/mol. The maximum atomic E-state index is 11.2. The number of ether oxygens (including phenoxy) is 3. The smallest absolute Gasteiger partial charge is 0.305 e. The molecule has 4 nitrogen and oxygen atoms in total. The average Bonchev–Trinajstić information content (AvgIpc) is 2.43. The lowest BCUT2D eigenvalue weighted by atomic mass is 10.1. The van der Waals surface area contributed by atoms with Gasteiger partial charge in [-0.2, -0.15) is 0 Å². The molecule has 0 saturated carbocycles. The minimum atomic E-state index is -0.125. The van der Waals surface area contributed by atoms with Gasteiger partial charge in [0, 0.05) is 6.42 Å². The molecule has 0 N–H and O–H groups in total. The Morgan fingerprint density at radius 3 is 2.58 bits per heavy atom. The van der Waals surface area contributed by atoms with E-state index < -0.39 is 0 Å². The first kappa shape index (κ1) is 15.3. The van der Waals surface area contributed by atoms with Crippen LogP contribution in [0.15, 0.2) is 18.2 Å². The monoisotopic (exact) mass is 266 g/mol. The fourth-order valence-electron chi connectivity index (χ4n) is 1.90. The van der Waals surface area contributed by atoms with Crippen LogP contribution >= 0.6 is 0 Å². The highest BCUT2D eigenvalue weighted by Gasteiger charge is 2.06. The van der Waals surface area contributed by atoms with Gasteiger partial charge in [0.1, 0.15) is 11.5 Å². The number of hydrogen-bond acceptors (Lipinski definition) is 4. The van der Waals surface area contributed by atoms with Crippen LogP contribution in [0.4, 0.5) is 0 Å². The van der Waals surface area contributed by atoms with Crippen LogP contribution in [0, 0.1) is 0 Å². The first-order valence-corrected chi connectivity index (χ1v) is 6.57. The minimum Gasteiger partial charge on any atom is -0.497 e. The third-order valence-corrected chi connectivity index (χ3v) is 2.87. The molecule has 4 heteroatoms. The van der Waals surface area contributed by atoms with Crippen LogP contribution in [0.1, 0.15) is 31.7 Å². The van der Waals surface area contributed by atoms with Crippen LogP contribution in [-0.4, -0.2) is 26.8 Å². The van der Waals surface area contributed by atoms with Crippen LogP contribution in [0.2, 0.25) is 0 Å². The summed E-state index contributed by atoms with van der Waals surface area (Å²) in [6.45, 7) is 2.27. The molecule has 0 heterocycles. The minimum absolute atomic E-state index is 0.125. The van der Waals surface area contributed by atoms with Gasteiger partial charge in [0.15, 0.2) is 0 Å². The summed E-state index contributed by atoms with van der Waals surface area (Å²) in [4.78, 5) is 11.2. The number of methoxy groups -OCH3 is 2. The second-order valence-electron chi connectivity index (χ2n) is 4.19. The number of rotatable bonds is 8. The van der Waals surface area contributed by atoms with Crippen molar-refractivity contribution < 1.29 is 19.0 Å². The molecule has 1 rings (SSSR count). The molecule has 0 fully saturated rings. The first-order chi connectivity index (χ1) is 9.21. The maximum Gasteiger partial charge on any atom is 0.305 e. The van der Waals surface area contributed by atoms with Gasteiger partial charge in [-0.3, -0.25) is 4.79 Å². The highest BCUT2D eigenvalue weighted by atomic mass is 16.5. The lowest BCUT2D eigenvalue weighted by Crippen LogP contribution is -2.03. The summed E-state index contributed by atoms with van der Waals surface area (Å²) in [7, 11) is 3.30. The zero-order valence-electron chi connectivity index (χ0n) is 11.9. The molecule has 0 unspecified atom stereocenters. The number of benzene rings is 1. The van der Waals surface area contributed by atoms with Gasteiger partial charge < -0.3 is 14.2 Å². The summed E-state index contributed by atoms with van der Waals surface area (Å²) in [5.41, 5.74) is 1.10. The van der Waals surface area contributed by atoms with E-state index in [1.54, 1.807) is 14.2 Å². The summed E-state index contributed by atoms with van der Waals surface area (Å²) in [6.07, 6.45) is 3.07. The normalized spacial score (nSPS) is 10.1. The van der Waals surface area contributed by atoms with Crippen LogP contribution in [0.3, 0.4) is 0 Å². The molecule has 0 amide bonds. The molecule has 0 aliphatic rings. The van der Waals surface area contributed by atoms with Gasteiger partial charge in [0.25, 0.3) is 0 Å². The Kier molecular flexibility index (Phi) is 6.79. The Hall–Kier alpha value is -1.71. The molecule has 0 atom stereocenters. The standard InChI is InChI=1S/C15H22O4/c1-4-19-15(16)8-6-5-7-12-11-13(17-2)9-10-14(12)18-3/h9-11H,4-8H2,1-3H3. The van der Waals surface area contributed by atoms with Gasteiger partial charge in [-0.05, 0) is 49.9 Å².